The topological polar surface area (TPSA) is 9.23 Å². The Labute approximate surface area is 114 Å². The summed E-state index contributed by atoms with van der Waals surface area (Å²) in [5.74, 6) is 0.764. The first-order chi connectivity index (χ1) is 8.13. The van der Waals surface area contributed by atoms with Crippen LogP contribution < -0.4 is 0 Å². The van der Waals surface area contributed by atoms with E-state index in [1.807, 2.05) is 0 Å². The number of hydrogen-bond donors (Lipinski definition) is 0. The van der Waals surface area contributed by atoms with E-state index in [1.54, 1.807) is 0 Å². The van der Waals surface area contributed by atoms with Gasteiger partial charge in [-0.15, -0.1) is 0 Å². The van der Waals surface area contributed by atoms with Crippen LogP contribution in [0.15, 0.2) is 24.3 Å². The van der Waals surface area contributed by atoms with Gasteiger partial charge in [0.25, 0.3) is 0 Å². The van der Waals surface area contributed by atoms with E-state index in [9.17, 15) is 0 Å². The van der Waals surface area contributed by atoms with E-state index in [4.69, 9.17) is 4.74 Å². The summed E-state index contributed by atoms with van der Waals surface area (Å²) in [6.07, 6.45) is 2.57. The maximum atomic E-state index is 5.94. The Morgan fingerprint density at radius 2 is 2.06 bits per heavy atom. The molecular formula is C15H23BrO. The van der Waals surface area contributed by atoms with Gasteiger partial charge in [0, 0.05) is 11.9 Å². The van der Waals surface area contributed by atoms with Gasteiger partial charge in [-0.3, -0.25) is 0 Å². The van der Waals surface area contributed by atoms with Gasteiger partial charge in [-0.2, -0.15) is 0 Å². The fraction of sp³-hybridized carbons (Fsp3) is 0.600. The molecule has 0 radical (unpaired) electrons. The largest absolute Gasteiger partial charge is 0.373 e. The second-order valence-corrected chi connectivity index (χ2v) is 5.61. The van der Waals surface area contributed by atoms with Crippen molar-refractivity contribution in [1.29, 1.82) is 0 Å². The number of hydrogen-bond acceptors (Lipinski definition) is 1. The Morgan fingerprint density at radius 1 is 1.29 bits per heavy atom. The van der Waals surface area contributed by atoms with Crippen LogP contribution in [0.2, 0.25) is 0 Å². The van der Waals surface area contributed by atoms with Gasteiger partial charge in [0.15, 0.2) is 0 Å². The quantitative estimate of drug-likeness (QED) is 0.515. The first-order valence-corrected chi connectivity index (χ1v) is 7.49. The molecule has 0 heterocycles. The Morgan fingerprint density at radius 3 is 2.65 bits per heavy atom. The van der Waals surface area contributed by atoms with Crippen LogP contribution >= 0.6 is 15.9 Å². The predicted octanol–water partition coefficient (Wildman–Crippen LogP) is 4.88. The van der Waals surface area contributed by atoms with E-state index in [-0.39, 0.29) is 6.10 Å². The van der Waals surface area contributed by atoms with Crippen LogP contribution in [0.1, 0.15) is 43.9 Å². The van der Waals surface area contributed by atoms with Crippen molar-refractivity contribution in [3.63, 3.8) is 0 Å². The van der Waals surface area contributed by atoms with Crippen molar-refractivity contribution in [1.82, 2.24) is 0 Å². The van der Waals surface area contributed by atoms with Crippen LogP contribution in [0, 0.1) is 12.8 Å². The molecule has 1 aromatic rings. The maximum absolute atomic E-state index is 5.94. The standard InChI is InChI=1S/C15H23BrO/c1-12(2)6-5-9-17-15(11-16)14-8-4-7-13(3)10-14/h4,7-8,10,12,15H,5-6,9,11H2,1-3H3. The Balaban J connectivity index is 2.43. The van der Waals surface area contributed by atoms with Gasteiger partial charge >= 0.3 is 0 Å². The van der Waals surface area contributed by atoms with Gasteiger partial charge in [0.1, 0.15) is 0 Å². The van der Waals surface area contributed by atoms with Crippen LogP contribution in [0.3, 0.4) is 0 Å². The normalized spacial score (nSPS) is 13.0. The van der Waals surface area contributed by atoms with E-state index >= 15 is 0 Å². The molecule has 2 heteroatoms. The molecule has 0 saturated carbocycles. The second-order valence-electron chi connectivity index (χ2n) is 4.96. The Hall–Kier alpha value is -0.340. The first-order valence-electron chi connectivity index (χ1n) is 6.37. The highest BCUT2D eigenvalue weighted by atomic mass is 79.9. The number of alkyl halides is 1. The van der Waals surface area contributed by atoms with Crippen molar-refractivity contribution in [2.24, 2.45) is 5.92 Å². The summed E-state index contributed by atoms with van der Waals surface area (Å²) in [5, 5.41) is 0.859. The molecule has 0 saturated heterocycles. The minimum atomic E-state index is 0.182. The average Bonchev–Trinajstić information content (AvgIpc) is 2.29. The van der Waals surface area contributed by atoms with Gasteiger partial charge in [0.2, 0.25) is 0 Å². The molecule has 1 rings (SSSR count). The summed E-state index contributed by atoms with van der Waals surface area (Å²) in [6.45, 7) is 7.47. The highest BCUT2D eigenvalue weighted by molar-refractivity contribution is 9.09. The van der Waals surface area contributed by atoms with Gasteiger partial charge in [-0.25, -0.2) is 0 Å². The molecule has 17 heavy (non-hydrogen) atoms. The van der Waals surface area contributed by atoms with Crippen molar-refractivity contribution in [2.75, 3.05) is 11.9 Å². The molecule has 1 atom stereocenters. The molecule has 0 aliphatic carbocycles. The monoisotopic (exact) mass is 298 g/mol. The first kappa shape index (κ1) is 14.7. The van der Waals surface area contributed by atoms with Crippen LogP contribution in [0.25, 0.3) is 0 Å². The Bertz CT molecular complexity index is 322. The van der Waals surface area contributed by atoms with Crippen LogP contribution in [0.5, 0.6) is 0 Å². The molecule has 0 N–H and O–H groups in total. The lowest BCUT2D eigenvalue weighted by molar-refractivity contribution is 0.0654. The molecule has 0 aliphatic heterocycles. The van der Waals surface area contributed by atoms with E-state index < -0.39 is 0 Å². The highest BCUT2D eigenvalue weighted by Crippen LogP contribution is 2.21. The second kappa shape index (κ2) is 7.88. The smallest absolute Gasteiger partial charge is 0.0921 e. The SMILES string of the molecule is Cc1cccc(C(CBr)OCCCC(C)C)c1. The summed E-state index contributed by atoms with van der Waals surface area (Å²) in [6, 6.07) is 8.56. The predicted molar refractivity (Wildman–Crippen MR) is 77.7 cm³/mol. The third-order valence-corrected chi connectivity index (χ3v) is 3.39. The minimum Gasteiger partial charge on any atom is -0.373 e. The van der Waals surface area contributed by atoms with Crippen molar-refractivity contribution >= 4 is 15.9 Å². The molecule has 96 valence electrons. The number of aryl methyl sites for hydroxylation is 1. The van der Waals surface area contributed by atoms with E-state index in [1.165, 1.54) is 17.5 Å². The van der Waals surface area contributed by atoms with Crippen molar-refractivity contribution in [3.8, 4) is 0 Å². The molecule has 0 aliphatic rings. The summed E-state index contributed by atoms with van der Waals surface area (Å²) in [4.78, 5) is 0. The van der Waals surface area contributed by atoms with Crippen molar-refractivity contribution < 1.29 is 4.74 Å². The zero-order valence-electron chi connectivity index (χ0n) is 11.1. The van der Waals surface area contributed by atoms with Crippen molar-refractivity contribution in [2.45, 2.75) is 39.7 Å². The molecule has 1 nitrogen and oxygen atoms in total. The van der Waals surface area contributed by atoms with Gasteiger partial charge in [0.05, 0.1) is 6.10 Å². The zero-order valence-corrected chi connectivity index (χ0v) is 12.7. The fourth-order valence-corrected chi connectivity index (χ4v) is 2.38. The van der Waals surface area contributed by atoms with E-state index in [2.05, 4.69) is 61.0 Å². The molecule has 0 bridgehead atoms. The third-order valence-electron chi connectivity index (χ3n) is 2.80. The number of halogens is 1. The fourth-order valence-electron chi connectivity index (χ4n) is 1.82. The zero-order chi connectivity index (χ0) is 12.7. The summed E-state index contributed by atoms with van der Waals surface area (Å²) in [5.41, 5.74) is 2.56. The molecule has 0 amide bonds. The van der Waals surface area contributed by atoms with Gasteiger partial charge < -0.3 is 4.74 Å². The number of rotatable bonds is 7. The molecule has 1 unspecified atom stereocenters. The lowest BCUT2D eigenvalue weighted by Gasteiger charge is -2.16. The molecular weight excluding hydrogens is 276 g/mol. The number of ether oxygens (including phenoxy) is 1. The summed E-state index contributed by atoms with van der Waals surface area (Å²) in [7, 11) is 0. The van der Waals surface area contributed by atoms with Gasteiger partial charge in [-0.05, 0) is 31.2 Å². The lowest BCUT2D eigenvalue weighted by atomic mass is 10.1. The lowest BCUT2D eigenvalue weighted by Crippen LogP contribution is -2.07. The van der Waals surface area contributed by atoms with E-state index in [0.717, 1.165) is 24.3 Å². The highest BCUT2D eigenvalue weighted by Gasteiger charge is 2.10. The third kappa shape index (κ3) is 5.69. The molecule has 0 spiro atoms. The summed E-state index contributed by atoms with van der Waals surface area (Å²) < 4.78 is 5.94. The number of benzene rings is 1. The van der Waals surface area contributed by atoms with Gasteiger partial charge in [-0.1, -0.05) is 59.6 Å². The maximum Gasteiger partial charge on any atom is 0.0921 e. The van der Waals surface area contributed by atoms with Crippen LogP contribution in [0.4, 0.5) is 0 Å². The average molecular weight is 299 g/mol. The summed E-state index contributed by atoms with van der Waals surface area (Å²) >= 11 is 3.53. The van der Waals surface area contributed by atoms with Crippen molar-refractivity contribution in [3.05, 3.63) is 35.4 Å². The molecule has 1 aromatic carbocycles. The minimum absolute atomic E-state index is 0.182. The molecule has 0 fully saturated rings. The van der Waals surface area contributed by atoms with Crippen LogP contribution in [-0.4, -0.2) is 11.9 Å². The molecule has 0 aromatic heterocycles. The van der Waals surface area contributed by atoms with E-state index in [0.29, 0.717) is 0 Å². The Kier molecular flexibility index (Phi) is 6.83. The van der Waals surface area contributed by atoms with Crippen LogP contribution in [-0.2, 0) is 4.74 Å².